The average Bonchev–Trinajstić information content (AvgIpc) is 2.68. The van der Waals surface area contributed by atoms with Gasteiger partial charge < -0.3 is 9.47 Å². The molecule has 3 nitrogen and oxygen atoms in total. The highest BCUT2D eigenvalue weighted by Gasteiger charge is 2.10. The van der Waals surface area contributed by atoms with Crippen LogP contribution in [0.4, 0.5) is 0 Å². The second kappa shape index (κ2) is 11.4. The van der Waals surface area contributed by atoms with Gasteiger partial charge in [-0.05, 0) is 74.6 Å². The lowest BCUT2D eigenvalue weighted by Gasteiger charge is -2.14. The van der Waals surface area contributed by atoms with Gasteiger partial charge in [-0.1, -0.05) is 45.2 Å². The molecule has 0 amide bonds. The van der Waals surface area contributed by atoms with Crippen molar-refractivity contribution in [3.63, 3.8) is 0 Å². The first kappa shape index (κ1) is 21.0. The zero-order valence-electron chi connectivity index (χ0n) is 16.9. The molecule has 0 aliphatic heterocycles. The molecule has 1 atom stereocenters. The summed E-state index contributed by atoms with van der Waals surface area (Å²) in [4.78, 5) is 12.3. The van der Waals surface area contributed by atoms with Crippen LogP contribution >= 0.6 is 0 Å². The fourth-order valence-electron chi connectivity index (χ4n) is 2.91. The monoisotopic (exact) mass is 368 g/mol. The molecule has 2 aromatic rings. The van der Waals surface area contributed by atoms with E-state index in [0.717, 1.165) is 18.6 Å². The van der Waals surface area contributed by atoms with E-state index in [1.807, 2.05) is 36.4 Å². The van der Waals surface area contributed by atoms with Gasteiger partial charge >= 0.3 is 5.97 Å². The van der Waals surface area contributed by atoms with Crippen LogP contribution in [0.5, 0.6) is 11.5 Å². The summed E-state index contributed by atoms with van der Waals surface area (Å²) in [6, 6.07) is 14.9. The Kier molecular flexibility index (Phi) is 8.90. The van der Waals surface area contributed by atoms with E-state index in [2.05, 4.69) is 20.8 Å². The van der Waals surface area contributed by atoms with Crippen molar-refractivity contribution in [3.8, 4) is 11.5 Å². The zero-order chi connectivity index (χ0) is 19.5. The molecule has 0 fully saturated rings. The Morgan fingerprint density at radius 1 is 0.852 bits per heavy atom. The third-order valence-electron chi connectivity index (χ3n) is 4.59. The van der Waals surface area contributed by atoms with Gasteiger partial charge in [-0.3, -0.25) is 0 Å². The first-order valence-electron chi connectivity index (χ1n) is 10.2. The molecule has 0 aliphatic carbocycles. The average molecular weight is 369 g/mol. The molecule has 0 spiro atoms. The van der Waals surface area contributed by atoms with Gasteiger partial charge in [-0.25, -0.2) is 4.79 Å². The quantitative estimate of drug-likeness (QED) is 0.255. The smallest absolute Gasteiger partial charge is 0.343 e. The molecule has 0 bridgehead atoms. The van der Waals surface area contributed by atoms with E-state index in [1.54, 1.807) is 12.1 Å². The number of carbonyl (C=O) groups excluding carboxylic acids is 1. The largest absolute Gasteiger partial charge is 0.491 e. The summed E-state index contributed by atoms with van der Waals surface area (Å²) in [5.41, 5.74) is 1.79. The fraction of sp³-hybridized carbons (Fsp3) is 0.458. The molecular weight excluding hydrogens is 336 g/mol. The highest BCUT2D eigenvalue weighted by Crippen LogP contribution is 2.19. The topological polar surface area (TPSA) is 35.5 Å². The van der Waals surface area contributed by atoms with Crippen molar-refractivity contribution in [2.45, 2.75) is 71.8 Å². The first-order chi connectivity index (χ1) is 13.1. The minimum absolute atomic E-state index is 0.181. The number of carbonyl (C=O) groups is 1. The number of unbranched alkanes of at least 4 members (excludes halogenated alkanes) is 3. The predicted molar refractivity (Wildman–Crippen MR) is 111 cm³/mol. The molecule has 27 heavy (non-hydrogen) atoms. The Hall–Kier alpha value is -2.29. The molecule has 0 N–H and O–H groups in total. The number of ether oxygens (including phenoxy) is 2. The van der Waals surface area contributed by atoms with E-state index >= 15 is 0 Å². The van der Waals surface area contributed by atoms with Crippen molar-refractivity contribution in [2.24, 2.45) is 0 Å². The molecule has 2 aromatic carbocycles. The summed E-state index contributed by atoms with van der Waals surface area (Å²) >= 11 is 0. The van der Waals surface area contributed by atoms with Crippen molar-refractivity contribution in [1.82, 2.24) is 0 Å². The summed E-state index contributed by atoms with van der Waals surface area (Å²) in [5, 5.41) is 0. The molecule has 0 aromatic heterocycles. The lowest BCUT2D eigenvalue weighted by atomic mass is 10.1. The van der Waals surface area contributed by atoms with Crippen LogP contribution in [-0.4, -0.2) is 12.1 Å². The zero-order valence-corrected chi connectivity index (χ0v) is 16.9. The van der Waals surface area contributed by atoms with Crippen molar-refractivity contribution < 1.29 is 14.3 Å². The van der Waals surface area contributed by atoms with Crippen molar-refractivity contribution in [2.75, 3.05) is 0 Å². The van der Waals surface area contributed by atoms with E-state index in [0.29, 0.717) is 11.3 Å². The molecule has 0 saturated heterocycles. The number of rotatable bonds is 11. The Labute approximate surface area is 163 Å². The summed E-state index contributed by atoms with van der Waals surface area (Å²) in [7, 11) is 0. The molecule has 3 heteroatoms. The van der Waals surface area contributed by atoms with Gasteiger partial charge in [0.05, 0.1) is 11.7 Å². The van der Waals surface area contributed by atoms with Crippen LogP contribution in [0.25, 0.3) is 0 Å². The number of benzene rings is 2. The maximum atomic E-state index is 12.3. The maximum absolute atomic E-state index is 12.3. The molecule has 0 heterocycles. The van der Waals surface area contributed by atoms with Gasteiger partial charge in [0, 0.05) is 0 Å². The number of aryl methyl sites for hydroxylation is 1. The predicted octanol–water partition coefficient (Wildman–Crippen LogP) is 6.60. The van der Waals surface area contributed by atoms with Crippen molar-refractivity contribution >= 4 is 5.97 Å². The van der Waals surface area contributed by atoms with E-state index in [4.69, 9.17) is 9.47 Å². The molecule has 0 aliphatic rings. The third-order valence-corrected chi connectivity index (χ3v) is 4.59. The summed E-state index contributed by atoms with van der Waals surface area (Å²) < 4.78 is 11.4. The van der Waals surface area contributed by atoms with Crippen LogP contribution in [0, 0.1) is 0 Å². The standard InChI is InChI=1S/C24H32O3/c1-4-6-8-9-19(3)26-22-17-13-21(14-18-22)24(25)27-23-15-11-20(12-16-23)10-7-5-2/h11-19H,4-10H2,1-3H3. The van der Waals surface area contributed by atoms with Gasteiger partial charge in [-0.2, -0.15) is 0 Å². The van der Waals surface area contributed by atoms with Gasteiger partial charge in [0.25, 0.3) is 0 Å². The minimum atomic E-state index is -0.348. The lowest BCUT2D eigenvalue weighted by molar-refractivity contribution is 0.0734. The molecule has 0 radical (unpaired) electrons. The normalized spacial score (nSPS) is 11.8. The lowest BCUT2D eigenvalue weighted by Crippen LogP contribution is -2.12. The Balaban J connectivity index is 1.85. The second-order valence-electron chi connectivity index (χ2n) is 7.09. The molecule has 0 saturated carbocycles. The molecule has 146 valence electrons. The Bertz CT molecular complexity index is 674. The van der Waals surface area contributed by atoms with Gasteiger partial charge in [0.2, 0.25) is 0 Å². The third kappa shape index (κ3) is 7.46. The first-order valence-corrected chi connectivity index (χ1v) is 10.2. The SMILES string of the molecule is CCCCCC(C)Oc1ccc(C(=O)Oc2ccc(CCCC)cc2)cc1. The molecule has 2 rings (SSSR count). The van der Waals surface area contributed by atoms with Crippen LogP contribution in [-0.2, 0) is 6.42 Å². The summed E-state index contributed by atoms with van der Waals surface area (Å²) in [5.74, 6) is 1.01. The maximum Gasteiger partial charge on any atom is 0.343 e. The van der Waals surface area contributed by atoms with Crippen LogP contribution < -0.4 is 9.47 Å². The minimum Gasteiger partial charge on any atom is -0.491 e. The van der Waals surface area contributed by atoms with Gasteiger partial charge in [-0.15, -0.1) is 0 Å². The second-order valence-corrected chi connectivity index (χ2v) is 7.09. The van der Waals surface area contributed by atoms with Crippen molar-refractivity contribution in [3.05, 3.63) is 59.7 Å². The fourth-order valence-corrected chi connectivity index (χ4v) is 2.91. The number of hydrogen-bond acceptors (Lipinski definition) is 3. The molecule has 1 unspecified atom stereocenters. The molecular formula is C24H32O3. The number of hydrogen-bond donors (Lipinski definition) is 0. The van der Waals surface area contributed by atoms with E-state index in [-0.39, 0.29) is 12.1 Å². The highest BCUT2D eigenvalue weighted by molar-refractivity contribution is 5.91. The summed E-state index contributed by atoms with van der Waals surface area (Å²) in [6.45, 7) is 6.46. The van der Waals surface area contributed by atoms with Gasteiger partial charge in [0.1, 0.15) is 11.5 Å². The van der Waals surface area contributed by atoms with Gasteiger partial charge in [0.15, 0.2) is 0 Å². The highest BCUT2D eigenvalue weighted by atomic mass is 16.5. The van der Waals surface area contributed by atoms with E-state index < -0.39 is 0 Å². The van der Waals surface area contributed by atoms with E-state index in [9.17, 15) is 4.79 Å². The Morgan fingerprint density at radius 3 is 2.11 bits per heavy atom. The van der Waals surface area contributed by atoms with Crippen LogP contribution in [0.1, 0.15) is 75.2 Å². The Morgan fingerprint density at radius 2 is 1.48 bits per heavy atom. The number of esters is 1. The van der Waals surface area contributed by atoms with Crippen molar-refractivity contribution in [1.29, 1.82) is 0 Å². The van der Waals surface area contributed by atoms with Crippen LogP contribution in [0.3, 0.4) is 0 Å². The summed E-state index contributed by atoms with van der Waals surface area (Å²) in [6.07, 6.45) is 8.26. The van der Waals surface area contributed by atoms with Crippen LogP contribution in [0.2, 0.25) is 0 Å². The van der Waals surface area contributed by atoms with Crippen LogP contribution in [0.15, 0.2) is 48.5 Å². The van der Waals surface area contributed by atoms with E-state index in [1.165, 1.54) is 37.7 Å².